The number of imidazole rings is 1. The van der Waals surface area contributed by atoms with Crippen LogP contribution < -0.4 is 5.32 Å². The number of likely N-dealkylation sites (N-methyl/N-ethyl adjacent to an activating group) is 1. The Morgan fingerprint density at radius 1 is 1.35 bits per heavy atom. The van der Waals surface area contributed by atoms with Crippen LogP contribution in [-0.4, -0.2) is 57.0 Å². The van der Waals surface area contributed by atoms with Gasteiger partial charge in [0.15, 0.2) is 5.82 Å². The van der Waals surface area contributed by atoms with Gasteiger partial charge in [-0.2, -0.15) is 0 Å². The maximum atomic E-state index is 13.6. The number of rotatable bonds is 2. The molecule has 0 bridgehead atoms. The van der Waals surface area contributed by atoms with Gasteiger partial charge in [0.1, 0.15) is 5.82 Å². The van der Waals surface area contributed by atoms with Crippen LogP contribution in [0.15, 0.2) is 30.9 Å². The summed E-state index contributed by atoms with van der Waals surface area (Å²) in [5, 5.41) is 2.60. The molecule has 7 nitrogen and oxygen atoms in total. The van der Waals surface area contributed by atoms with Gasteiger partial charge in [0.2, 0.25) is 0 Å². The van der Waals surface area contributed by atoms with Gasteiger partial charge >= 0.3 is 6.03 Å². The number of halogens is 1. The molecule has 2 aromatic rings. The molecule has 0 unspecified atom stereocenters. The van der Waals surface area contributed by atoms with Crippen LogP contribution in [-0.2, 0) is 7.05 Å². The molecular weight excluding hydrogens is 299 g/mol. The number of piperazine rings is 1. The second-order valence-corrected chi connectivity index (χ2v) is 5.62. The molecule has 1 fully saturated rings. The quantitative estimate of drug-likeness (QED) is 0.911. The number of pyridine rings is 1. The van der Waals surface area contributed by atoms with Gasteiger partial charge in [0.05, 0.1) is 17.9 Å². The van der Waals surface area contributed by atoms with Crippen molar-refractivity contribution < 1.29 is 9.18 Å². The molecule has 0 saturated carbocycles. The van der Waals surface area contributed by atoms with E-state index < -0.39 is 5.82 Å². The van der Waals surface area contributed by atoms with E-state index in [1.165, 1.54) is 12.3 Å². The number of hydrogen-bond acceptors (Lipinski definition) is 4. The first-order valence-electron chi connectivity index (χ1n) is 7.39. The largest absolute Gasteiger partial charge is 0.337 e. The number of anilines is 1. The molecule has 3 heterocycles. The fraction of sp³-hybridized carbons (Fsp3) is 0.400. The standard InChI is InChI=1S/C15H19FN6O/c1-20-7-8-22(10-13(20)14-18-5-6-21(14)2)15(23)19-12-3-4-17-9-11(12)16/h3-6,9,13H,7-8,10H2,1-2H3,(H,17,19,23)/t13-/m1/s1. The SMILES string of the molecule is CN1CCN(C(=O)Nc2ccncc2F)C[C@@H]1c1nccn1C. The number of aryl methyl sites for hydroxylation is 1. The summed E-state index contributed by atoms with van der Waals surface area (Å²) in [4.78, 5) is 24.3. The van der Waals surface area contributed by atoms with Crippen LogP contribution in [0.25, 0.3) is 0 Å². The molecule has 122 valence electrons. The van der Waals surface area contributed by atoms with Crippen LogP contribution in [0.5, 0.6) is 0 Å². The van der Waals surface area contributed by atoms with E-state index in [2.05, 4.69) is 20.2 Å². The molecule has 3 rings (SSSR count). The first kappa shape index (κ1) is 15.4. The Kier molecular flexibility index (Phi) is 4.24. The van der Waals surface area contributed by atoms with Crippen LogP contribution in [0.3, 0.4) is 0 Å². The smallest absolute Gasteiger partial charge is 0.322 e. The Balaban J connectivity index is 1.72. The molecule has 2 amide bonds. The van der Waals surface area contributed by atoms with Crippen LogP contribution >= 0.6 is 0 Å². The first-order chi connectivity index (χ1) is 11.1. The molecule has 23 heavy (non-hydrogen) atoms. The molecule has 1 aliphatic heterocycles. The van der Waals surface area contributed by atoms with Gasteiger partial charge in [-0.1, -0.05) is 0 Å². The monoisotopic (exact) mass is 318 g/mol. The fourth-order valence-electron chi connectivity index (χ4n) is 2.71. The zero-order chi connectivity index (χ0) is 16.4. The predicted molar refractivity (Wildman–Crippen MR) is 83.4 cm³/mol. The summed E-state index contributed by atoms with van der Waals surface area (Å²) in [6, 6.07) is 1.14. The zero-order valence-electron chi connectivity index (χ0n) is 13.1. The van der Waals surface area contributed by atoms with Crippen molar-refractivity contribution in [3.8, 4) is 0 Å². The number of carbonyl (C=O) groups is 1. The molecule has 1 N–H and O–H groups in total. The number of nitrogens with one attached hydrogen (secondary N) is 1. The van der Waals surface area contributed by atoms with E-state index in [9.17, 15) is 9.18 Å². The topological polar surface area (TPSA) is 66.3 Å². The van der Waals surface area contributed by atoms with Gasteiger partial charge in [0, 0.05) is 45.3 Å². The summed E-state index contributed by atoms with van der Waals surface area (Å²) in [7, 11) is 3.94. The van der Waals surface area contributed by atoms with Crippen molar-refractivity contribution in [1.29, 1.82) is 0 Å². The third-order valence-corrected chi connectivity index (χ3v) is 4.11. The molecule has 1 saturated heterocycles. The second kappa shape index (κ2) is 6.33. The van der Waals surface area contributed by atoms with E-state index in [1.54, 1.807) is 11.1 Å². The van der Waals surface area contributed by atoms with Crippen LogP contribution in [0, 0.1) is 5.82 Å². The number of carbonyl (C=O) groups excluding carboxylic acids is 1. The van der Waals surface area contributed by atoms with Gasteiger partial charge in [-0.05, 0) is 13.1 Å². The van der Waals surface area contributed by atoms with Gasteiger partial charge in [0.25, 0.3) is 0 Å². The molecule has 0 radical (unpaired) electrons. The Labute approximate surface area is 133 Å². The molecule has 0 aromatic carbocycles. The predicted octanol–water partition coefficient (Wildman–Crippen LogP) is 1.47. The van der Waals surface area contributed by atoms with Crippen LogP contribution in [0.4, 0.5) is 14.9 Å². The van der Waals surface area contributed by atoms with Gasteiger partial charge < -0.3 is 14.8 Å². The summed E-state index contributed by atoms with van der Waals surface area (Å²) < 4.78 is 15.6. The van der Waals surface area contributed by atoms with Crippen molar-refractivity contribution in [1.82, 2.24) is 24.3 Å². The highest BCUT2D eigenvalue weighted by molar-refractivity contribution is 5.89. The van der Waals surface area contributed by atoms with Gasteiger partial charge in [-0.3, -0.25) is 9.88 Å². The minimum atomic E-state index is -0.546. The fourth-order valence-corrected chi connectivity index (χ4v) is 2.71. The number of urea groups is 1. The molecule has 8 heteroatoms. The highest BCUT2D eigenvalue weighted by Gasteiger charge is 2.30. The Morgan fingerprint density at radius 3 is 2.87 bits per heavy atom. The van der Waals surface area contributed by atoms with Crippen LogP contribution in [0.1, 0.15) is 11.9 Å². The zero-order valence-corrected chi connectivity index (χ0v) is 13.1. The molecule has 0 aliphatic carbocycles. The molecule has 2 aromatic heterocycles. The lowest BCUT2D eigenvalue weighted by Gasteiger charge is -2.38. The van der Waals surface area contributed by atoms with E-state index in [0.717, 1.165) is 18.6 Å². The normalized spacial score (nSPS) is 18.9. The van der Waals surface area contributed by atoms with E-state index in [4.69, 9.17) is 0 Å². The van der Waals surface area contributed by atoms with Crippen LogP contribution in [0.2, 0.25) is 0 Å². The first-order valence-corrected chi connectivity index (χ1v) is 7.39. The Bertz CT molecular complexity index is 703. The number of amides is 2. The van der Waals surface area contributed by atoms with E-state index in [0.29, 0.717) is 13.1 Å². The summed E-state index contributed by atoms with van der Waals surface area (Å²) >= 11 is 0. The minimum absolute atomic E-state index is 0.0109. The minimum Gasteiger partial charge on any atom is -0.337 e. The Hall–Kier alpha value is -2.48. The van der Waals surface area contributed by atoms with Gasteiger partial charge in [-0.25, -0.2) is 14.2 Å². The summed E-state index contributed by atoms with van der Waals surface area (Å²) in [5.74, 6) is 0.357. The molecule has 1 aliphatic rings. The third kappa shape index (κ3) is 3.16. The Morgan fingerprint density at radius 2 is 2.17 bits per heavy atom. The number of nitrogens with zero attached hydrogens (tertiary/aromatic N) is 5. The highest BCUT2D eigenvalue weighted by Crippen LogP contribution is 2.23. The van der Waals surface area contributed by atoms with Crippen molar-refractivity contribution in [3.05, 3.63) is 42.5 Å². The highest BCUT2D eigenvalue weighted by atomic mass is 19.1. The second-order valence-electron chi connectivity index (χ2n) is 5.62. The lowest BCUT2D eigenvalue weighted by Crippen LogP contribution is -2.50. The maximum Gasteiger partial charge on any atom is 0.322 e. The van der Waals surface area contributed by atoms with Crippen molar-refractivity contribution in [3.63, 3.8) is 0 Å². The van der Waals surface area contributed by atoms with Crippen molar-refractivity contribution >= 4 is 11.7 Å². The number of hydrogen-bond donors (Lipinski definition) is 1. The van der Waals surface area contributed by atoms with E-state index in [-0.39, 0.29) is 17.8 Å². The van der Waals surface area contributed by atoms with E-state index in [1.807, 2.05) is 24.9 Å². The van der Waals surface area contributed by atoms with Crippen molar-refractivity contribution in [2.24, 2.45) is 7.05 Å². The molecule has 1 atom stereocenters. The average molecular weight is 318 g/mol. The summed E-state index contributed by atoms with van der Waals surface area (Å²) in [6.45, 7) is 1.81. The number of aromatic nitrogens is 3. The third-order valence-electron chi connectivity index (χ3n) is 4.11. The van der Waals surface area contributed by atoms with Crippen molar-refractivity contribution in [2.45, 2.75) is 6.04 Å². The maximum absolute atomic E-state index is 13.6. The lowest BCUT2D eigenvalue weighted by molar-refractivity contribution is 0.110. The van der Waals surface area contributed by atoms with Gasteiger partial charge in [-0.15, -0.1) is 0 Å². The molecule has 0 spiro atoms. The molecular formula is C15H19FN6O. The van der Waals surface area contributed by atoms with Crippen molar-refractivity contribution in [2.75, 3.05) is 32.0 Å². The van der Waals surface area contributed by atoms with E-state index >= 15 is 0 Å². The summed E-state index contributed by atoms with van der Waals surface area (Å²) in [6.07, 6.45) is 6.15. The summed E-state index contributed by atoms with van der Waals surface area (Å²) in [5.41, 5.74) is 0.137. The average Bonchev–Trinajstić information content (AvgIpc) is 2.96. The lowest BCUT2D eigenvalue weighted by atomic mass is 10.1.